The van der Waals surface area contributed by atoms with Crippen molar-refractivity contribution in [2.24, 2.45) is 0 Å². The number of aldehydes is 1. The molecule has 0 bridgehead atoms. The number of alkyl halides is 1. The fourth-order valence-electron chi connectivity index (χ4n) is 0.985. The van der Waals surface area contributed by atoms with E-state index < -0.39 is 0 Å². The number of unbranched alkanes of at least 4 members (excludes halogenated alkanes) is 3. The van der Waals surface area contributed by atoms with Gasteiger partial charge in [0.15, 0.2) is 0 Å². The van der Waals surface area contributed by atoms with Crippen molar-refractivity contribution in [1.82, 2.24) is 0 Å². The van der Waals surface area contributed by atoms with Crippen molar-refractivity contribution in [3.05, 3.63) is 0 Å². The van der Waals surface area contributed by atoms with Gasteiger partial charge in [0, 0.05) is 6.42 Å². The maximum absolute atomic E-state index is 10.9. The van der Waals surface area contributed by atoms with Crippen molar-refractivity contribution in [2.75, 3.05) is 11.0 Å². The fraction of sp³-hybridized carbons (Fsp3) is 0.800. The SMILES string of the molecule is O=CCCC(=O)OCCCCCCI. The van der Waals surface area contributed by atoms with E-state index in [1.54, 1.807) is 0 Å². The van der Waals surface area contributed by atoms with Crippen LogP contribution in [0.15, 0.2) is 0 Å². The number of ether oxygens (including phenoxy) is 1. The van der Waals surface area contributed by atoms with E-state index >= 15 is 0 Å². The topological polar surface area (TPSA) is 43.4 Å². The van der Waals surface area contributed by atoms with Crippen molar-refractivity contribution in [3.8, 4) is 0 Å². The molecule has 0 aliphatic heterocycles. The minimum absolute atomic E-state index is 0.219. The summed E-state index contributed by atoms with van der Waals surface area (Å²) in [6.07, 6.45) is 5.72. The Morgan fingerprint density at radius 3 is 2.57 bits per heavy atom. The molecule has 82 valence electrons. The van der Waals surface area contributed by atoms with E-state index in [0.29, 0.717) is 6.61 Å². The second kappa shape index (κ2) is 10.9. The zero-order valence-electron chi connectivity index (χ0n) is 8.34. The quantitative estimate of drug-likeness (QED) is 0.216. The van der Waals surface area contributed by atoms with E-state index in [2.05, 4.69) is 22.6 Å². The van der Waals surface area contributed by atoms with Gasteiger partial charge in [0.2, 0.25) is 0 Å². The molecule has 3 nitrogen and oxygen atoms in total. The highest BCUT2D eigenvalue weighted by Gasteiger charge is 2.00. The van der Waals surface area contributed by atoms with Crippen molar-refractivity contribution in [3.63, 3.8) is 0 Å². The Labute approximate surface area is 98.7 Å². The van der Waals surface area contributed by atoms with Gasteiger partial charge >= 0.3 is 5.97 Å². The molecule has 0 N–H and O–H groups in total. The number of halogens is 1. The Morgan fingerprint density at radius 1 is 1.21 bits per heavy atom. The molecule has 0 aliphatic carbocycles. The molecule has 0 amide bonds. The van der Waals surface area contributed by atoms with E-state index in [4.69, 9.17) is 4.74 Å². The van der Waals surface area contributed by atoms with Gasteiger partial charge < -0.3 is 9.53 Å². The molecule has 0 saturated carbocycles. The van der Waals surface area contributed by atoms with Gasteiger partial charge in [-0.3, -0.25) is 4.79 Å². The molecule has 0 unspecified atom stereocenters. The van der Waals surface area contributed by atoms with Gasteiger partial charge in [0.1, 0.15) is 6.29 Å². The Bertz CT molecular complexity index is 159. The van der Waals surface area contributed by atoms with Crippen LogP contribution in [0.3, 0.4) is 0 Å². The Morgan fingerprint density at radius 2 is 1.93 bits per heavy atom. The highest BCUT2D eigenvalue weighted by molar-refractivity contribution is 14.1. The molecule has 0 aromatic heterocycles. The zero-order chi connectivity index (χ0) is 10.6. The third-order valence-electron chi connectivity index (χ3n) is 1.76. The molecular formula is C10H17IO3. The first kappa shape index (κ1) is 13.9. The lowest BCUT2D eigenvalue weighted by molar-refractivity contribution is -0.144. The predicted molar refractivity (Wildman–Crippen MR) is 63.6 cm³/mol. The number of carbonyl (C=O) groups excluding carboxylic acids is 2. The highest BCUT2D eigenvalue weighted by Crippen LogP contribution is 2.02. The summed E-state index contributed by atoms with van der Waals surface area (Å²) in [7, 11) is 0. The minimum Gasteiger partial charge on any atom is -0.466 e. The maximum Gasteiger partial charge on any atom is 0.306 e. The van der Waals surface area contributed by atoms with Crippen LogP contribution in [0.25, 0.3) is 0 Å². The van der Waals surface area contributed by atoms with E-state index in [9.17, 15) is 9.59 Å². The lowest BCUT2D eigenvalue weighted by atomic mass is 10.2. The highest BCUT2D eigenvalue weighted by atomic mass is 127. The van der Waals surface area contributed by atoms with E-state index in [1.807, 2.05) is 0 Å². The van der Waals surface area contributed by atoms with Crippen LogP contribution >= 0.6 is 22.6 Å². The first-order chi connectivity index (χ1) is 6.81. The van der Waals surface area contributed by atoms with E-state index in [1.165, 1.54) is 17.3 Å². The summed E-state index contributed by atoms with van der Waals surface area (Å²) >= 11 is 2.36. The number of rotatable bonds is 9. The lowest BCUT2D eigenvalue weighted by Gasteiger charge is -2.02. The number of hydrogen-bond acceptors (Lipinski definition) is 3. The number of esters is 1. The van der Waals surface area contributed by atoms with Crippen LogP contribution < -0.4 is 0 Å². The predicted octanol–water partition coefficient (Wildman–Crippen LogP) is 2.50. The maximum atomic E-state index is 10.9. The first-order valence-electron chi connectivity index (χ1n) is 4.96. The molecule has 14 heavy (non-hydrogen) atoms. The van der Waals surface area contributed by atoms with Crippen molar-refractivity contribution in [2.45, 2.75) is 38.5 Å². The third-order valence-corrected chi connectivity index (χ3v) is 2.52. The third kappa shape index (κ3) is 9.95. The summed E-state index contributed by atoms with van der Waals surface area (Å²) in [5, 5.41) is 0. The normalized spacial score (nSPS) is 9.79. The van der Waals surface area contributed by atoms with Crippen LogP contribution in [0.1, 0.15) is 38.5 Å². The Hall–Kier alpha value is -0.130. The molecule has 0 rings (SSSR count). The van der Waals surface area contributed by atoms with Crippen molar-refractivity contribution < 1.29 is 14.3 Å². The summed E-state index contributed by atoms with van der Waals surface area (Å²) in [5.41, 5.74) is 0. The van der Waals surface area contributed by atoms with Gasteiger partial charge in [-0.2, -0.15) is 0 Å². The van der Waals surface area contributed by atoms with Gasteiger partial charge in [-0.15, -0.1) is 0 Å². The number of hydrogen-bond donors (Lipinski definition) is 0. The molecule has 4 heteroatoms. The molecule has 0 heterocycles. The summed E-state index contributed by atoms with van der Waals surface area (Å²) in [4.78, 5) is 20.9. The molecule has 0 saturated heterocycles. The molecule has 0 aromatic rings. The van der Waals surface area contributed by atoms with E-state index in [0.717, 1.165) is 19.1 Å². The van der Waals surface area contributed by atoms with Crippen LogP contribution in [0.2, 0.25) is 0 Å². The Kier molecular flexibility index (Phi) is 10.8. The molecule has 0 atom stereocenters. The second-order valence-electron chi connectivity index (χ2n) is 3.03. The molecule has 0 spiro atoms. The standard InChI is InChI=1S/C10H17IO3/c11-7-3-1-2-4-9-14-10(13)6-5-8-12/h8H,1-7,9H2. The first-order valence-corrected chi connectivity index (χ1v) is 6.49. The zero-order valence-corrected chi connectivity index (χ0v) is 10.5. The Balaban J connectivity index is 3.10. The average Bonchev–Trinajstić information content (AvgIpc) is 2.20. The van der Waals surface area contributed by atoms with E-state index in [-0.39, 0.29) is 18.8 Å². The van der Waals surface area contributed by atoms with Gasteiger partial charge in [0.25, 0.3) is 0 Å². The summed E-state index contributed by atoms with van der Waals surface area (Å²) in [6, 6.07) is 0. The minimum atomic E-state index is -0.258. The van der Waals surface area contributed by atoms with Gasteiger partial charge in [-0.1, -0.05) is 35.4 Å². The van der Waals surface area contributed by atoms with Crippen LogP contribution in [0.4, 0.5) is 0 Å². The molecular weight excluding hydrogens is 295 g/mol. The largest absolute Gasteiger partial charge is 0.466 e. The van der Waals surface area contributed by atoms with Crippen LogP contribution in [0, 0.1) is 0 Å². The number of carbonyl (C=O) groups is 2. The van der Waals surface area contributed by atoms with Crippen LogP contribution in [-0.4, -0.2) is 23.3 Å². The van der Waals surface area contributed by atoms with Crippen molar-refractivity contribution in [1.29, 1.82) is 0 Å². The van der Waals surface area contributed by atoms with Gasteiger partial charge in [-0.25, -0.2) is 0 Å². The van der Waals surface area contributed by atoms with Crippen LogP contribution in [0.5, 0.6) is 0 Å². The monoisotopic (exact) mass is 312 g/mol. The van der Waals surface area contributed by atoms with Crippen LogP contribution in [-0.2, 0) is 14.3 Å². The molecule has 0 fully saturated rings. The summed E-state index contributed by atoms with van der Waals surface area (Å²) in [6.45, 7) is 0.499. The average molecular weight is 312 g/mol. The van der Waals surface area contributed by atoms with Gasteiger partial charge in [0.05, 0.1) is 13.0 Å². The smallest absolute Gasteiger partial charge is 0.306 e. The molecule has 0 radical (unpaired) electrons. The summed E-state index contributed by atoms with van der Waals surface area (Å²) < 4.78 is 6.12. The fourth-order valence-corrected chi connectivity index (χ4v) is 1.52. The molecule has 0 aliphatic rings. The van der Waals surface area contributed by atoms with Crippen molar-refractivity contribution >= 4 is 34.8 Å². The summed E-state index contributed by atoms with van der Waals surface area (Å²) in [5.74, 6) is -0.258. The van der Waals surface area contributed by atoms with Gasteiger partial charge in [-0.05, 0) is 17.3 Å². The second-order valence-corrected chi connectivity index (χ2v) is 4.11. The molecule has 0 aromatic carbocycles. The lowest BCUT2D eigenvalue weighted by Crippen LogP contribution is -2.05.